The molecule has 1 rings (SSSR count). The molecular formula is C12H30N6. The number of hydrogen-bond donors (Lipinski definition) is 3. The summed E-state index contributed by atoms with van der Waals surface area (Å²) in [6.07, 6.45) is 3.19. The summed E-state index contributed by atoms with van der Waals surface area (Å²) < 4.78 is 0. The van der Waals surface area contributed by atoms with Crippen LogP contribution in [0.25, 0.3) is 0 Å². The summed E-state index contributed by atoms with van der Waals surface area (Å²) in [5.41, 5.74) is 16.8. The third-order valence-corrected chi connectivity index (χ3v) is 3.24. The third kappa shape index (κ3) is 6.08. The van der Waals surface area contributed by atoms with Crippen molar-refractivity contribution >= 4 is 0 Å². The van der Waals surface area contributed by atoms with Gasteiger partial charge in [-0.15, -0.1) is 0 Å². The highest BCUT2D eigenvalue weighted by molar-refractivity contribution is 4.70. The maximum absolute atomic E-state index is 5.59. The average Bonchev–Trinajstić information content (AvgIpc) is 2.40. The first-order valence-electron chi connectivity index (χ1n) is 7.07. The Hall–Kier alpha value is -0.240. The van der Waals surface area contributed by atoms with E-state index in [1.54, 1.807) is 0 Å². The minimum absolute atomic E-state index is 0.766. The first-order valence-corrected chi connectivity index (χ1v) is 7.07. The second-order valence-corrected chi connectivity index (χ2v) is 5.03. The predicted octanol–water partition coefficient (Wildman–Crippen LogP) is -1.18. The Morgan fingerprint density at radius 2 is 0.833 bits per heavy atom. The monoisotopic (exact) mass is 258 g/mol. The minimum Gasteiger partial charge on any atom is -0.330 e. The van der Waals surface area contributed by atoms with E-state index in [0.717, 1.165) is 78.5 Å². The van der Waals surface area contributed by atoms with Crippen molar-refractivity contribution in [2.24, 2.45) is 17.2 Å². The summed E-state index contributed by atoms with van der Waals surface area (Å²) in [7, 11) is 0. The molecule has 0 amide bonds. The molecule has 0 radical (unpaired) electrons. The minimum atomic E-state index is 0.766. The van der Waals surface area contributed by atoms with Crippen LogP contribution < -0.4 is 17.2 Å². The maximum Gasteiger partial charge on any atom is 0.0530 e. The zero-order chi connectivity index (χ0) is 13.2. The summed E-state index contributed by atoms with van der Waals surface area (Å²) in [5.74, 6) is 0. The molecule has 1 heterocycles. The van der Waals surface area contributed by atoms with E-state index in [-0.39, 0.29) is 0 Å². The lowest BCUT2D eigenvalue weighted by molar-refractivity contribution is -0.0296. The Morgan fingerprint density at radius 1 is 0.556 bits per heavy atom. The van der Waals surface area contributed by atoms with Crippen molar-refractivity contribution in [3.8, 4) is 0 Å². The fraction of sp³-hybridized carbons (Fsp3) is 1.00. The molecule has 6 N–H and O–H groups in total. The van der Waals surface area contributed by atoms with Gasteiger partial charge in [-0.3, -0.25) is 14.7 Å². The molecule has 0 aromatic heterocycles. The highest BCUT2D eigenvalue weighted by Gasteiger charge is 2.21. The number of rotatable bonds is 9. The lowest BCUT2D eigenvalue weighted by atomic mass is 10.3. The summed E-state index contributed by atoms with van der Waals surface area (Å²) in [6.45, 7) is 8.65. The number of nitrogens with zero attached hydrogens (tertiary/aromatic N) is 3. The Balaban J connectivity index is 2.38. The third-order valence-electron chi connectivity index (χ3n) is 3.24. The van der Waals surface area contributed by atoms with Crippen LogP contribution in [0.1, 0.15) is 19.3 Å². The first kappa shape index (κ1) is 15.8. The van der Waals surface area contributed by atoms with Crippen molar-refractivity contribution in [1.29, 1.82) is 0 Å². The van der Waals surface area contributed by atoms with E-state index in [2.05, 4.69) is 14.7 Å². The van der Waals surface area contributed by atoms with Crippen molar-refractivity contribution < 1.29 is 0 Å². The lowest BCUT2D eigenvalue weighted by Crippen LogP contribution is -2.55. The summed E-state index contributed by atoms with van der Waals surface area (Å²) in [4.78, 5) is 7.39. The van der Waals surface area contributed by atoms with Gasteiger partial charge in [0.1, 0.15) is 0 Å². The highest BCUT2D eigenvalue weighted by atomic mass is 15.5. The van der Waals surface area contributed by atoms with Gasteiger partial charge in [-0.05, 0) is 38.9 Å². The molecule has 0 spiro atoms. The van der Waals surface area contributed by atoms with Gasteiger partial charge in [0.05, 0.1) is 20.0 Å². The van der Waals surface area contributed by atoms with Crippen LogP contribution >= 0.6 is 0 Å². The molecule has 0 unspecified atom stereocenters. The second-order valence-electron chi connectivity index (χ2n) is 5.03. The quantitative estimate of drug-likeness (QED) is 0.483. The molecule has 1 saturated heterocycles. The van der Waals surface area contributed by atoms with Crippen LogP contribution in [0.2, 0.25) is 0 Å². The highest BCUT2D eigenvalue weighted by Crippen LogP contribution is 2.08. The van der Waals surface area contributed by atoms with E-state index in [1.165, 1.54) is 0 Å². The normalized spacial score (nSPS) is 19.5. The van der Waals surface area contributed by atoms with Crippen LogP contribution in [0.4, 0.5) is 0 Å². The zero-order valence-electron chi connectivity index (χ0n) is 11.6. The van der Waals surface area contributed by atoms with Crippen LogP contribution in [0, 0.1) is 0 Å². The van der Waals surface area contributed by atoms with E-state index in [0.29, 0.717) is 0 Å². The SMILES string of the molecule is NCCCN1CN(CCCN)CN(CCCN)C1. The summed E-state index contributed by atoms with van der Waals surface area (Å²) in [5, 5.41) is 0. The summed E-state index contributed by atoms with van der Waals surface area (Å²) in [6, 6.07) is 0. The summed E-state index contributed by atoms with van der Waals surface area (Å²) >= 11 is 0. The topological polar surface area (TPSA) is 87.8 Å². The molecule has 1 aliphatic heterocycles. The lowest BCUT2D eigenvalue weighted by Gasteiger charge is -2.42. The van der Waals surface area contributed by atoms with Crippen molar-refractivity contribution in [3.63, 3.8) is 0 Å². The fourth-order valence-electron chi connectivity index (χ4n) is 2.35. The van der Waals surface area contributed by atoms with Crippen LogP contribution in [-0.4, -0.2) is 74.0 Å². The number of nitrogens with two attached hydrogens (primary N) is 3. The standard InChI is InChI=1S/C12H30N6/c13-4-1-7-16-10-17(8-2-5-14)12-18(11-16)9-3-6-15/h1-15H2. The zero-order valence-corrected chi connectivity index (χ0v) is 11.6. The second kappa shape index (κ2) is 9.66. The Labute approximate surface area is 111 Å². The molecule has 108 valence electrons. The van der Waals surface area contributed by atoms with Crippen molar-refractivity contribution in [2.45, 2.75) is 19.3 Å². The molecule has 0 aliphatic carbocycles. The first-order chi connectivity index (χ1) is 8.80. The van der Waals surface area contributed by atoms with Gasteiger partial charge in [-0.1, -0.05) is 0 Å². The molecule has 1 aliphatic rings. The van der Waals surface area contributed by atoms with Gasteiger partial charge in [0.15, 0.2) is 0 Å². The van der Waals surface area contributed by atoms with E-state index in [1.807, 2.05) is 0 Å². The molecule has 0 bridgehead atoms. The van der Waals surface area contributed by atoms with E-state index < -0.39 is 0 Å². The molecule has 0 aromatic carbocycles. The largest absolute Gasteiger partial charge is 0.330 e. The smallest absolute Gasteiger partial charge is 0.0530 e. The van der Waals surface area contributed by atoms with Crippen molar-refractivity contribution in [2.75, 3.05) is 59.3 Å². The van der Waals surface area contributed by atoms with Crippen LogP contribution in [-0.2, 0) is 0 Å². The molecule has 1 fully saturated rings. The molecule has 6 nitrogen and oxygen atoms in total. The van der Waals surface area contributed by atoms with Gasteiger partial charge in [-0.25, -0.2) is 0 Å². The van der Waals surface area contributed by atoms with Crippen LogP contribution in [0.15, 0.2) is 0 Å². The van der Waals surface area contributed by atoms with Crippen LogP contribution in [0.3, 0.4) is 0 Å². The Morgan fingerprint density at radius 3 is 1.06 bits per heavy atom. The van der Waals surface area contributed by atoms with Gasteiger partial charge in [0.2, 0.25) is 0 Å². The Bertz CT molecular complexity index is 162. The fourth-order valence-corrected chi connectivity index (χ4v) is 2.35. The van der Waals surface area contributed by atoms with E-state index in [4.69, 9.17) is 17.2 Å². The maximum atomic E-state index is 5.59. The molecule has 18 heavy (non-hydrogen) atoms. The Kier molecular flexibility index (Phi) is 8.49. The van der Waals surface area contributed by atoms with Crippen LogP contribution in [0.5, 0.6) is 0 Å². The van der Waals surface area contributed by atoms with Gasteiger partial charge < -0.3 is 17.2 Å². The number of hydrogen-bond acceptors (Lipinski definition) is 6. The molecule has 0 aromatic rings. The van der Waals surface area contributed by atoms with Gasteiger partial charge >= 0.3 is 0 Å². The molecule has 0 saturated carbocycles. The van der Waals surface area contributed by atoms with Gasteiger partial charge in [0.25, 0.3) is 0 Å². The molecular weight excluding hydrogens is 228 g/mol. The predicted molar refractivity (Wildman–Crippen MR) is 75.7 cm³/mol. The van der Waals surface area contributed by atoms with Gasteiger partial charge in [0, 0.05) is 19.6 Å². The van der Waals surface area contributed by atoms with E-state index >= 15 is 0 Å². The van der Waals surface area contributed by atoms with Gasteiger partial charge in [-0.2, -0.15) is 0 Å². The molecule has 0 atom stereocenters. The van der Waals surface area contributed by atoms with Crippen molar-refractivity contribution in [1.82, 2.24) is 14.7 Å². The van der Waals surface area contributed by atoms with E-state index in [9.17, 15) is 0 Å². The molecule has 6 heteroatoms. The van der Waals surface area contributed by atoms with Crippen molar-refractivity contribution in [3.05, 3.63) is 0 Å². The average molecular weight is 258 g/mol.